The molecule has 0 fully saturated rings. The number of nitrogens with zero attached hydrogens (tertiary/aromatic N) is 1. The van der Waals surface area contributed by atoms with E-state index in [1.54, 1.807) is 4.57 Å². The molecule has 0 aliphatic carbocycles. The summed E-state index contributed by atoms with van der Waals surface area (Å²) in [5.74, 6) is -0.983. The van der Waals surface area contributed by atoms with Crippen LogP contribution in [0.15, 0.2) is 53.3 Å². The molecule has 0 unspecified atom stereocenters. The number of hydrogen-bond donors (Lipinski definition) is 2. The second-order valence-corrected chi connectivity index (χ2v) is 8.05. The van der Waals surface area contributed by atoms with Crippen molar-refractivity contribution >= 4 is 28.5 Å². The topological polar surface area (TPSA) is 97.6 Å². The Morgan fingerprint density at radius 3 is 2.41 bits per heavy atom. The maximum atomic E-state index is 13.5. The van der Waals surface area contributed by atoms with Gasteiger partial charge in [0.2, 0.25) is 0 Å². The van der Waals surface area contributed by atoms with Gasteiger partial charge in [-0.05, 0) is 55.2 Å². The van der Waals surface area contributed by atoms with E-state index in [0.29, 0.717) is 30.1 Å². The number of aromatic carboxylic acids is 1. The maximum Gasteiger partial charge on any atom is 0.335 e. The van der Waals surface area contributed by atoms with Gasteiger partial charge in [0, 0.05) is 17.6 Å². The molecule has 3 aromatic rings. The summed E-state index contributed by atoms with van der Waals surface area (Å²) in [5.41, 5.74) is 0.768. The second kappa shape index (κ2) is 10.1. The molecule has 0 aliphatic heterocycles. The molecule has 2 N–H and O–H groups in total. The van der Waals surface area contributed by atoms with Crippen LogP contribution in [0, 0.1) is 5.92 Å². The Labute approximate surface area is 186 Å². The summed E-state index contributed by atoms with van der Waals surface area (Å²) < 4.78 is 7.55. The van der Waals surface area contributed by atoms with Gasteiger partial charge in [-0.2, -0.15) is 0 Å². The summed E-state index contributed by atoms with van der Waals surface area (Å²) in [6.45, 7) is 6.97. The van der Waals surface area contributed by atoms with E-state index >= 15 is 0 Å². The van der Waals surface area contributed by atoms with Crippen LogP contribution in [0.4, 0.5) is 5.69 Å². The van der Waals surface area contributed by atoms with Crippen molar-refractivity contribution in [1.82, 2.24) is 4.57 Å². The van der Waals surface area contributed by atoms with Crippen molar-refractivity contribution in [2.75, 3.05) is 11.9 Å². The number of pyridine rings is 1. The highest BCUT2D eigenvalue weighted by Gasteiger charge is 2.24. The molecule has 0 atom stereocenters. The lowest BCUT2D eigenvalue weighted by molar-refractivity contribution is 0.0696. The van der Waals surface area contributed by atoms with Crippen molar-refractivity contribution in [1.29, 1.82) is 0 Å². The van der Waals surface area contributed by atoms with Gasteiger partial charge in [0.15, 0.2) is 0 Å². The summed E-state index contributed by atoms with van der Waals surface area (Å²) in [4.78, 5) is 37.8. The number of para-hydroxylation sites is 1. The fourth-order valence-electron chi connectivity index (χ4n) is 3.43. The van der Waals surface area contributed by atoms with Gasteiger partial charge in [-0.15, -0.1) is 0 Å². The zero-order valence-corrected chi connectivity index (χ0v) is 18.6. The zero-order chi connectivity index (χ0) is 23.3. The number of amides is 1. The van der Waals surface area contributed by atoms with E-state index in [9.17, 15) is 14.4 Å². The summed E-state index contributed by atoms with van der Waals surface area (Å²) in [6.07, 6.45) is 1.51. The first-order valence-corrected chi connectivity index (χ1v) is 10.8. The highest BCUT2D eigenvalue weighted by molar-refractivity contribution is 6.09. The van der Waals surface area contributed by atoms with Crippen LogP contribution < -0.4 is 15.6 Å². The third-order valence-electron chi connectivity index (χ3n) is 5.12. The van der Waals surface area contributed by atoms with Crippen LogP contribution in [0.2, 0.25) is 0 Å². The Kier molecular flexibility index (Phi) is 7.30. The number of fused-ring (bicyclic) bond motifs is 1. The minimum atomic E-state index is -1.05. The number of nitrogens with one attached hydrogen (secondary N) is 1. The van der Waals surface area contributed by atoms with Crippen molar-refractivity contribution in [2.24, 2.45) is 5.92 Å². The Morgan fingerprint density at radius 1 is 1.09 bits per heavy atom. The molecule has 1 amide bonds. The second-order valence-electron chi connectivity index (χ2n) is 8.05. The molecule has 32 heavy (non-hydrogen) atoms. The van der Waals surface area contributed by atoms with Crippen LogP contribution in [0.3, 0.4) is 0 Å². The number of aryl methyl sites for hydroxylation is 1. The summed E-state index contributed by atoms with van der Waals surface area (Å²) in [5, 5.41) is 12.5. The van der Waals surface area contributed by atoms with Gasteiger partial charge in [0.05, 0.1) is 17.7 Å². The average molecular weight is 437 g/mol. The van der Waals surface area contributed by atoms with Gasteiger partial charge >= 0.3 is 5.97 Å². The minimum Gasteiger partial charge on any atom is -0.492 e. The lowest BCUT2D eigenvalue weighted by Crippen LogP contribution is -2.31. The quantitative estimate of drug-likeness (QED) is 0.503. The first-order chi connectivity index (χ1) is 15.3. The number of ether oxygens (including phenoxy) is 1. The molecule has 0 aliphatic rings. The number of aromatic nitrogens is 1. The van der Waals surface area contributed by atoms with Crippen LogP contribution >= 0.6 is 0 Å². The molecule has 0 saturated heterocycles. The van der Waals surface area contributed by atoms with Crippen LogP contribution in [0.25, 0.3) is 10.9 Å². The first-order valence-electron chi connectivity index (χ1n) is 10.8. The van der Waals surface area contributed by atoms with E-state index in [2.05, 4.69) is 19.2 Å². The standard InChI is InChI=1S/C25H28N2O5/c1-4-15-32-22-19-7-5-6-8-20(19)27(14-13-16(2)3)24(29)21(22)23(28)26-18-11-9-17(10-12-18)25(30)31/h5-12,16H,4,13-15H2,1-3H3,(H,26,28)(H,30,31). The Morgan fingerprint density at radius 2 is 1.78 bits per heavy atom. The molecule has 0 bridgehead atoms. The number of carboxylic acid groups (broad SMARTS) is 1. The molecule has 0 spiro atoms. The number of carboxylic acids is 1. The van der Waals surface area contributed by atoms with E-state index in [0.717, 1.165) is 18.4 Å². The van der Waals surface area contributed by atoms with E-state index in [1.165, 1.54) is 24.3 Å². The van der Waals surface area contributed by atoms with E-state index < -0.39 is 17.4 Å². The fraction of sp³-hybridized carbons (Fsp3) is 0.320. The van der Waals surface area contributed by atoms with Gasteiger partial charge in [0.25, 0.3) is 11.5 Å². The lowest BCUT2D eigenvalue weighted by atomic mass is 10.1. The zero-order valence-electron chi connectivity index (χ0n) is 18.6. The monoisotopic (exact) mass is 436 g/mol. The third-order valence-corrected chi connectivity index (χ3v) is 5.12. The van der Waals surface area contributed by atoms with E-state index in [1.807, 2.05) is 31.2 Å². The molecule has 2 aromatic carbocycles. The molecule has 7 nitrogen and oxygen atoms in total. The van der Waals surface area contributed by atoms with Gasteiger partial charge in [0.1, 0.15) is 11.3 Å². The predicted molar refractivity (Wildman–Crippen MR) is 125 cm³/mol. The lowest BCUT2D eigenvalue weighted by Gasteiger charge is -2.18. The summed E-state index contributed by atoms with van der Waals surface area (Å²) in [7, 11) is 0. The number of rotatable bonds is 9. The van der Waals surface area contributed by atoms with Crippen LogP contribution in [-0.4, -0.2) is 28.2 Å². The number of hydrogen-bond acceptors (Lipinski definition) is 4. The number of carbonyl (C=O) groups is 2. The van der Waals surface area contributed by atoms with Gasteiger partial charge in [-0.25, -0.2) is 4.79 Å². The average Bonchev–Trinajstić information content (AvgIpc) is 2.77. The van der Waals surface area contributed by atoms with Gasteiger partial charge in [-0.3, -0.25) is 9.59 Å². The Balaban J connectivity index is 2.11. The van der Waals surface area contributed by atoms with Crippen LogP contribution in [-0.2, 0) is 6.54 Å². The predicted octanol–water partition coefficient (Wildman–Crippen LogP) is 4.79. The van der Waals surface area contributed by atoms with E-state index in [-0.39, 0.29) is 16.9 Å². The Hall–Kier alpha value is -3.61. The van der Waals surface area contributed by atoms with Crippen molar-refractivity contribution < 1.29 is 19.4 Å². The molecule has 0 saturated carbocycles. The molecule has 168 valence electrons. The Bertz CT molecular complexity index is 1180. The third kappa shape index (κ3) is 4.99. The SMILES string of the molecule is CCCOc1c(C(=O)Nc2ccc(C(=O)O)cc2)c(=O)n(CCC(C)C)c2ccccc12. The molecule has 3 rings (SSSR count). The smallest absolute Gasteiger partial charge is 0.335 e. The fourth-order valence-corrected chi connectivity index (χ4v) is 3.43. The molecule has 1 heterocycles. The van der Waals surface area contributed by atoms with Crippen LogP contribution in [0.1, 0.15) is 54.3 Å². The highest BCUT2D eigenvalue weighted by atomic mass is 16.5. The van der Waals surface area contributed by atoms with Crippen molar-refractivity contribution in [3.05, 3.63) is 70.0 Å². The van der Waals surface area contributed by atoms with Crippen LogP contribution in [0.5, 0.6) is 5.75 Å². The van der Waals surface area contributed by atoms with Gasteiger partial charge in [-0.1, -0.05) is 32.9 Å². The largest absolute Gasteiger partial charge is 0.492 e. The summed E-state index contributed by atoms with van der Waals surface area (Å²) >= 11 is 0. The number of anilines is 1. The van der Waals surface area contributed by atoms with Crippen molar-refractivity contribution in [2.45, 2.75) is 40.2 Å². The molecule has 0 radical (unpaired) electrons. The minimum absolute atomic E-state index is 0.0526. The number of benzene rings is 2. The van der Waals surface area contributed by atoms with Gasteiger partial charge < -0.3 is 19.7 Å². The van der Waals surface area contributed by atoms with Crippen molar-refractivity contribution in [3.8, 4) is 5.75 Å². The van der Waals surface area contributed by atoms with Crippen molar-refractivity contribution in [3.63, 3.8) is 0 Å². The number of carbonyl (C=O) groups excluding carboxylic acids is 1. The first kappa shape index (κ1) is 23.1. The molecule has 7 heteroatoms. The molecular formula is C25H28N2O5. The molecular weight excluding hydrogens is 408 g/mol. The summed E-state index contributed by atoms with van der Waals surface area (Å²) in [6, 6.07) is 13.2. The van der Waals surface area contributed by atoms with E-state index in [4.69, 9.17) is 9.84 Å². The maximum absolute atomic E-state index is 13.5. The molecule has 1 aromatic heterocycles. The normalized spacial score (nSPS) is 11.0. The highest BCUT2D eigenvalue weighted by Crippen LogP contribution is 2.29.